The molecule has 29 heteroatoms. The van der Waals surface area contributed by atoms with Gasteiger partial charge in [0, 0.05) is 76.8 Å². The third-order valence-electron chi connectivity index (χ3n) is 9.59. The molecule has 0 aliphatic rings. The highest BCUT2D eigenvalue weighted by atomic mass is 32.2. The molecular formula is C32H19O22PS6. The second kappa shape index (κ2) is 13.1. The fourth-order valence-corrected chi connectivity index (χ4v) is 12.7. The Morgan fingerprint density at radius 1 is 0.328 bits per heavy atom. The van der Waals surface area contributed by atoms with E-state index in [2.05, 4.69) is 0 Å². The van der Waals surface area contributed by atoms with E-state index in [0.717, 1.165) is 48.5 Å². The molecule has 8 aromatic carbocycles. The van der Waals surface area contributed by atoms with Crippen molar-refractivity contribution in [1.29, 1.82) is 0 Å². The first-order chi connectivity index (χ1) is 27.8. The van der Waals surface area contributed by atoms with E-state index in [1.807, 2.05) is 0 Å². The molecular weight excluding hydrogens is 960 g/mol. The minimum Gasteiger partial charge on any atom is -0.394 e. The molecule has 8 aromatic rings. The van der Waals surface area contributed by atoms with Gasteiger partial charge in [0.25, 0.3) is 60.7 Å². The third-order valence-corrected chi connectivity index (χ3v) is 15.8. The average molecular weight is 979 g/mol. The summed E-state index contributed by atoms with van der Waals surface area (Å²) in [7, 11) is -38.0. The van der Waals surface area contributed by atoms with Crippen LogP contribution in [-0.4, -0.2) is 82.7 Å². The molecule has 0 saturated heterocycles. The number of hydrogen-bond donors (Lipinski definition) is 7. The standard InChI is InChI=1S/C32H19O22PS6/c33-55(34,53-21-9-23(56(35,36)37)15-5-7-19-27(60(47,48)49)11-25(58(41,42)43)17-3-1-13(21)29(15)31(17)19)54-22-10-24(57(38,39)40)16-6-8-20-28(61(50,51)52)12-26(59(44,45)46)18-4-2-14(22)30(16)32(18)20/h1-12H,(H,33,34)(H,35,36,37)(H,38,39,40)(H,41,42,43)(H,44,45,46)(H,47,48,49)(H,50,51,52). The SMILES string of the molecule is O=P(O)(Oc1cc(S(=O)(=O)O)c2ccc3c(S(=O)(=O)O)cc(S(=O)(=O)O)c4ccc1c2c43)Oc1cc(S(=O)(=O)O)c2ccc3c(S(=O)(=O)O)cc(S(=O)(=O)O)c4ccc1c2c43. The van der Waals surface area contributed by atoms with Crippen molar-refractivity contribution in [3.63, 3.8) is 0 Å². The van der Waals surface area contributed by atoms with Gasteiger partial charge in [-0.2, -0.15) is 50.5 Å². The van der Waals surface area contributed by atoms with Crippen LogP contribution in [0.3, 0.4) is 0 Å². The van der Waals surface area contributed by atoms with E-state index in [9.17, 15) is 87.3 Å². The Kier molecular flexibility index (Phi) is 9.16. The molecule has 320 valence electrons. The lowest BCUT2D eigenvalue weighted by atomic mass is 9.94. The van der Waals surface area contributed by atoms with Gasteiger partial charge in [-0.15, -0.1) is 0 Å². The van der Waals surface area contributed by atoms with Crippen molar-refractivity contribution < 1.29 is 96.3 Å². The van der Waals surface area contributed by atoms with Crippen LogP contribution in [0, 0.1) is 0 Å². The summed E-state index contributed by atoms with van der Waals surface area (Å²) in [6.45, 7) is 0. The van der Waals surface area contributed by atoms with Crippen molar-refractivity contribution in [1.82, 2.24) is 0 Å². The highest BCUT2D eigenvalue weighted by Gasteiger charge is 2.34. The summed E-state index contributed by atoms with van der Waals surface area (Å²) < 4.78 is 235. The molecule has 61 heavy (non-hydrogen) atoms. The van der Waals surface area contributed by atoms with Crippen LogP contribution >= 0.6 is 7.82 Å². The normalized spacial score (nSPS) is 14.0. The largest absolute Gasteiger partial charge is 0.584 e. The highest BCUT2D eigenvalue weighted by molar-refractivity contribution is 7.88. The summed E-state index contributed by atoms with van der Waals surface area (Å²) in [6.07, 6.45) is 0. The lowest BCUT2D eigenvalue weighted by Crippen LogP contribution is -2.08. The van der Waals surface area contributed by atoms with E-state index in [-0.39, 0.29) is 0 Å². The number of rotatable bonds is 10. The molecule has 7 N–H and O–H groups in total. The highest BCUT2D eigenvalue weighted by Crippen LogP contribution is 2.53. The van der Waals surface area contributed by atoms with Crippen molar-refractivity contribution in [3.05, 3.63) is 72.8 Å². The molecule has 0 bridgehead atoms. The summed E-state index contributed by atoms with van der Waals surface area (Å²) >= 11 is 0. The van der Waals surface area contributed by atoms with E-state index in [4.69, 9.17) is 9.05 Å². The Labute approximate surface area is 341 Å². The summed E-state index contributed by atoms with van der Waals surface area (Å²) in [4.78, 5) is 4.63. The third kappa shape index (κ3) is 6.99. The average Bonchev–Trinajstić information content (AvgIpc) is 3.10. The lowest BCUT2D eigenvalue weighted by Gasteiger charge is -2.21. The molecule has 0 fully saturated rings. The minimum absolute atomic E-state index is 0.411. The summed E-state index contributed by atoms with van der Waals surface area (Å²) in [5.74, 6) is -1.95. The smallest absolute Gasteiger partial charge is 0.394 e. The minimum atomic E-state index is -5.90. The predicted octanol–water partition coefficient (Wildman–Crippen LogP) is 4.52. The zero-order valence-corrected chi connectivity index (χ0v) is 34.9. The molecule has 0 spiro atoms. The summed E-state index contributed by atoms with van der Waals surface area (Å²) in [5.41, 5.74) is 0. The zero-order chi connectivity index (χ0) is 44.9. The fourth-order valence-electron chi connectivity index (χ4n) is 7.43. The monoisotopic (exact) mass is 978 g/mol. The maximum atomic E-state index is 14.0. The van der Waals surface area contributed by atoms with Crippen molar-refractivity contribution in [2.24, 2.45) is 0 Å². The van der Waals surface area contributed by atoms with Crippen molar-refractivity contribution in [2.45, 2.75) is 29.4 Å². The van der Waals surface area contributed by atoms with Crippen LogP contribution in [0.4, 0.5) is 0 Å². The first-order valence-electron chi connectivity index (χ1n) is 15.9. The van der Waals surface area contributed by atoms with E-state index in [0.29, 0.717) is 24.3 Å². The molecule has 0 saturated carbocycles. The van der Waals surface area contributed by atoms with Crippen molar-refractivity contribution in [3.8, 4) is 11.5 Å². The van der Waals surface area contributed by atoms with Gasteiger partial charge >= 0.3 is 7.82 Å². The number of phosphoric ester groups is 1. The van der Waals surface area contributed by atoms with Gasteiger partial charge in [0.15, 0.2) is 0 Å². The van der Waals surface area contributed by atoms with Crippen LogP contribution in [0.1, 0.15) is 0 Å². The van der Waals surface area contributed by atoms with E-state index < -0.39 is 174 Å². The molecule has 22 nitrogen and oxygen atoms in total. The topological polar surface area (TPSA) is 382 Å². The van der Waals surface area contributed by atoms with Gasteiger partial charge in [-0.05, 0) is 24.3 Å². The molecule has 0 atom stereocenters. The Morgan fingerprint density at radius 3 is 0.721 bits per heavy atom. The van der Waals surface area contributed by atoms with Gasteiger partial charge in [0.2, 0.25) is 0 Å². The predicted molar refractivity (Wildman–Crippen MR) is 210 cm³/mol. The Morgan fingerprint density at radius 2 is 0.508 bits per heavy atom. The van der Waals surface area contributed by atoms with Gasteiger partial charge in [0.1, 0.15) is 40.9 Å². The summed E-state index contributed by atoms with van der Waals surface area (Å²) in [5, 5.41) is -5.74. The lowest BCUT2D eigenvalue weighted by molar-refractivity contribution is 0.292. The Bertz CT molecular complexity index is 3710. The van der Waals surface area contributed by atoms with Gasteiger partial charge < -0.3 is 9.05 Å². The molecule has 0 heterocycles. The molecule has 0 unspecified atom stereocenters. The first-order valence-corrected chi connectivity index (χ1v) is 26.1. The van der Waals surface area contributed by atoms with Crippen molar-refractivity contribution in [2.75, 3.05) is 0 Å². The van der Waals surface area contributed by atoms with Crippen LogP contribution in [0.25, 0.3) is 64.6 Å². The number of benzene rings is 8. The molecule has 0 radical (unpaired) electrons. The maximum Gasteiger partial charge on any atom is 0.584 e. The van der Waals surface area contributed by atoms with Gasteiger partial charge in [0.05, 0.1) is 0 Å². The van der Waals surface area contributed by atoms with Crippen LogP contribution in [0.2, 0.25) is 0 Å². The van der Waals surface area contributed by atoms with Crippen LogP contribution in [0.15, 0.2) is 102 Å². The summed E-state index contributed by atoms with van der Waals surface area (Å²) in [6, 6.07) is 9.31. The van der Waals surface area contributed by atoms with Gasteiger partial charge in [-0.1, -0.05) is 36.4 Å². The number of hydrogen-bond acceptors (Lipinski definition) is 15. The van der Waals surface area contributed by atoms with Gasteiger partial charge in [-0.3, -0.25) is 32.2 Å². The van der Waals surface area contributed by atoms with E-state index >= 15 is 0 Å². The maximum absolute atomic E-state index is 14.0. The first kappa shape index (κ1) is 42.8. The van der Waals surface area contributed by atoms with E-state index in [1.54, 1.807) is 0 Å². The second-order valence-electron chi connectivity index (χ2n) is 13.1. The van der Waals surface area contributed by atoms with Crippen LogP contribution in [0.5, 0.6) is 11.5 Å². The molecule has 0 amide bonds. The fraction of sp³-hybridized carbons (Fsp3) is 0. The zero-order valence-electron chi connectivity index (χ0n) is 29.1. The van der Waals surface area contributed by atoms with Crippen LogP contribution < -0.4 is 9.05 Å². The number of phosphoric acid groups is 1. The molecule has 8 rings (SSSR count). The second-order valence-corrected chi connectivity index (χ2v) is 22.8. The van der Waals surface area contributed by atoms with Gasteiger partial charge in [-0.25, -0.2) is 4.57 Å². The Hall–Kier alpha value is -4.91. The molecule has 0 aliphatic carbocycles. The Balaban J connectivity index is 1.42. The van der Waals surface area contributed by atoms with E-state index in [1.165, 1.54) is 0 Å². The quantitative estimate of drug-likeness (QED) is 0.0562. The molecule has 0 aromatic heterocycles. The van der Waals surface area contributed by atoms with Crippen LogP contribution in [-0.2, 0) is 65.3 Å². The molecule has 0 aliphatic heterocycles. The van der Waals surface area contributed by atoms with Crippen molar-refractivity contribution >= 4 is 133 Å².